The topological polar surface area (TPSA) is 82.7 Å². The second kappa shape index (κ2) is 10.1. The van der Waals surface area contributed by atoms with Gasteiger partial charge in [0, 0.05) is 34.6 Å². The Balaban J connectivity index is 2.03. The standard InChI is InChI=1S/C28H34FNO4/c1-17(2)30-22-9-7-6-8-21(22)25(18-10-12-19(29)13-11-18)23(30)15-14-20(31)16-24(32)26(27(33)34)28(3,4)5/h6-15,17,20,24,26,31-32H,16H2,1-5H3,(H,33,34)/t20-,24-,26?/m1/s1. The first-order chi connectivity index (χ1) is 15.9. The molecule has 182 valence electrons. The second-order valence-corrected chi connectivity index (χ2v) is 10.2. The number of aliphatic hydroxyl groups is 2. The number of aliphatic carboxylic acids is 1. The zero-order valence-electron chi connectivity index (χ0n) is 20.4. The minimum absolute atomic E-state index is 0.0987. The number of carboxylic acids is 1. The summed E-state index contributed by atoms with van der Waals surface area (Å²) in [6.07, 6.45) is 1.05. The van der Waals surface area contributed by atoms with Crippen LogP contribution in [0.25, 0.3) is 28.1 Å². The van der Waals surface area contributed by atoms with Gasteiger partial charge in [0.1, 0.15) is 5.82 Å². The molecule has 2 aromatic carbocycles. The smallest absolute Gasteiger partial charge is 0.309 e. The Kier molecular flexibility index (Phi) is 7.64. The van der Waals surface area contributed by atoms with Crippen molar-refractivity contribution in [1.82, 2.24) is 4.57 Å². The van der Waals surface area contributed by atoms with Gasteiger partial charge in [-0.15, -0.1) is 0 Å². The normalized spacial score (nSPS) is 15.2. The fourth-order valence-corrected chi connectivity index (χ4v) is 4.70. The van der Waals surface area contributed by atoms with E-state index in [2.05, 4.69) is 18.4 Å². The van der Waals surface area contributed by atoms with Gasteiger partial charge in [-0.05, 0) is 49.1 Å². The van der Waals surface area contributed by atoms with E-state index in [0.29, 0.717) is 0 Å². The highest BCUT2D eigenvalue weighted by atomic mass is 19.1. The molecule has 34 heavy (non-hydrogen) atoms. The second-order valence-electron chi connectivity index (χ2n) is 10.2. The predicted octanol–water partition coefficient (Wildman–Crippen LogP) is 5.90. The van der Waals surface area contributed by atoms with Crippen LogP contribution in [0.4, 0.5) is 4.39 Å². The highest BCUT2D eigenvalue weighted by Crippen LogP contribution is 2.38. The molecular weight excluding hydrogens is 433 g/mol. The van der Waals surface area contributed by atoms with E-state index in [0.717, 1.165) is 27.7 Å². The van der Waals surface area contributed by atoms with E-state index in [9.17, 15) is 24.5 Å². The third-order valence-electron chi connectivity index (χ3n) is 6.14. The third kappa shape index (κ3) is 5.40. The Hall–Kier alpha value is -2.96. The number of carboxylic acid groups (broad SMARTS) is 1. The molecule has 0 aliphatic carbocycles. The van der Waals surface area contributed by atoms with Crippen LogP contribution >= 0.6 is 0 Å². The zero-order chi connectivity index (χ0) is 25.2. The van der Waals surface area contributed by atoms with Gasteiger partial charge in [0.25, 0.3) is 0 Å². The van der Waals surface area contributed by atoms with Gasteiger partial charge in [0.2, 0.25) is 0 Å². The van der Waals surface area contributed by atoms with Gasteiger partial charge < -0.3 is 19.9 Å². The van der Waals surface area contributed by atoms with Crippen molar-refractivity contribution in [2.75, 3.05) is 0 Å². The number of fused-ring (bicyclic) bond motifs is 1. The van der Waals surface area contributed by atoms with Crippen LogP contribution in [0.15, 0.2) is 54.6 Å². The van der Waals surface area contributed by atoms with Gasteiger partial charge in [-0.2, -0.15) is 0 Å². The molecule has 3 N–H and O–H groups in total. The quantitative estimate of drug-likeness (QED) is 0.385. The number of hydrogen-bond acceptors (Lipinski definition) is 3. The lowest BCUT2D eigenvalue weighted by molar-refractivity contribution is -0.152. The SMILES string of the molecule is CC(C)n1c(C=C[C@@H](O)C[C@@H](O)C(C(=O)O)C(C)(C)C)c(-c2ccc(F)cc2)c2ccccc21. The van der Waals surface area contributed by atoms with E-state index in [1.807, 2.05) is 30.3 Å². The number of hydrogen-bond donors (Lipinski definition) is 3. The average molecular weight is 468 g/mol. The van der Waals surface area contributed by atoms with Gasteiger partial charge in [-0.1, -0.05) is 57.2 Å². The maximum Gasteiger partial charge on any atom is 0.309 e. The molecule has 0 fully saturated rings. The lowest BCUT2D eigenvalue weighted by Gasteiger charge is -2.31. The Morgan fingerprint density at radius 1 is 1.06 bits per heavy atom. The molecule has 0 radical (unpaired) electrons. The molecular formula is C28H34FNO4. The number of rotatable bonds is 8. The van der Waals surface area contributed by atoms with Crippen molar-refractivity contribution in [3.63, 3.8) is 0 Å². The fraction of sp³-hybridized carbons (Fsp3) is 0.393. The third-order valence-corrected chi connectivity index (χ3v) is 6.14. The van der Waals surface area contributed by atoms with E-state index in [-0.39, 0.29) is 18.3 Å². The van der Waals surface area contributed by atoms with Gasteiger partial charge in [0.15, 0.2) is 0 Å². The zero-order valence-corrected chi connectivity index (χ0v) is 20.4. The molecule has 0 amide bonds. The number of benzene rings is 2. The number of para-hydroxylation sites is 1. The van der Waals surface area contributed by atoms with Crippen LogP contribution in [-0.4, -0.2) is 38.1 Å². The highest BCUT2D eigenvalue weighted by molar-refractivity contribution is 6.01. The van der Waals surface area contributed by atoms with E-state index in [1.165, 1.54) is 12.1 Å². The van der Waals surface area contributed by atoms with E-state index < -0.39 is 29.5 Å². The van der Waals surface area contributed by atoms with E-state index in [1.54, 1.807) is 39.0 Å². The van der Waals surface area contributed by atoms with Crippen molar-refractivity contribution in [2.24, 2.45) is 11.3 Å². The monoisotopic (exact) mass is 467 g/mol. The Morgan fingerprint density at radius 3 is 2.24 bits per heavy atom. The number of aromatic nitrogens is 1. The molecule has 0 saturated carbocycles. The average Bonchev–Trinajstić information content (AvgIpc) is 3.05. The van der Waals surface area contributed by atoms with Crippen LogP contribution in [0.1, 0.15) is 52.8 Å². The molecule has 1 unspecified atom stereocenters. The van der Waals surface area contributed by atoms with Gasteiger partial charge in [-0.25, -0.2) is 4.39 Å². The predicted molar refractivity (Wildman–Crippen MR) is 134 cm³/mol. The lowest BCUT2D eigenvalue weighted by Crippen LogP contribution is -2.39. The number of nitrogens with zero attached hydrogens (tertiary/aromatic N) is 1. The Labute approximate surface area is 200 Å². The van der Waals surface area contributed by atoms with Crippen LogP contribution < -0.4 is 0 Å². The number of carbonyl (C=O) groups is 1. The summed E-state index contributed by atoms with van der Waals surface area (Å²) in [5.41, 5.74) is 2.98. The minimum atomic E-state index is -1.20. The van der Waals surface area contributed by atoms with Crippen LogP contribution in [0.5, 0.6) is 0 Å². The molecule has 3 atom stereocenters. The summed E-state index contributed by atoms with van der Waals surface area (Å²) in [7, 11) is 0. The molecule has 6 heteroatoms. The molecule has 3 rings (SSSR count). The molecule has 0 spiro atoms. The number of halogens is 1. The van der Waals surface area contributed by atoms with Crippen molar-refractivity contribution < 1.29 is 24.5 Å². The van der Waals surface area contributed by atoms with Crippen molar-refractivity contribution in [3.8, 4) is 11.1 Å². The van der Waals surface area contributed by atoms with Crippen LogP contribution in [0, 0.1) is 17.2 Å². The summed E-state index contributed by atoms with van der Waals surface area (Å²) >= 11 is 0. The molecule has 1 aromatic heterocycles. The van der Waals surface area contributed by atoms with Gasteiger partial charge in [-0.3, -0.25) is 4.79 Å². The summed E-state index contributed by atoms with van der Waals surface area (Å²) in [5, 5.41) is 31.8. The first-order valence-electron chi connectivity index (χ1n) is 11.6. The van der Waals surface area contributed by atoms with Crippen molar-refractivity contribution in [2.45, 2.75) is 59.3 Å². The minimum Gasteiger partial charge on any atom is -0.481 e. The first kappa shape index (κ1) is 25.7. The first-order valence-corrected chi connectivity index (χ1v) is 11.6. The van der Waals surface area contributed by atoms with Crippen molar-refractivity contribution in [3.05, 3.63) is 66.1 Å². The molecule has 0 aliphatic heterocycles. The molecule has 1 heterocycles. The van der Waals surface area contributed by atoms with E-state index >= 15 is 0 Å². The Morgan fingerprint density at radius 2 is 1.68 bits per heavy atom. The van der Waals surface area contributed by atoms with Crippen molar-refractivity contribution in [1.29, 1.82) is 0 Å². The summed E-state index contributed by atoms with van der Waals surface area (Å²) in [4.78, 5) is 11.7. The lowest BCUT2D eigenvalue weighted by atomic mass is 9.76. The summed E-state index contributed by atoms with van der Waals surface area (Å²) in [5.74, 6) is -2.41. The molecule has 0 aliphatic rings. The Bertz CT molecular complexity index is 1170. The summed E-state index contributed by atoms with van der Waals surface area (Å²) in [6.45, 7) is 9.41. The number of aliphatic hydroxyl groups excluding tert-OH is 2. The largest absolute Gasteiger partial charge is 0.481 e. The summed E-state index contributed by atoms with van der Waals surface area (Å²) < 4.78 is 15.8. The molecule has 5 nitrogen and oxygen atoms in total. The van der Waals surface area contributed by atoms with E-state index in [4.69, 9.17) is 0 Å². The maximum absolute atomic E-state index is 13.6. The maximum atomic E-state index is 13.6. The van der Waals surface area contributed by atoms with Gasteiger partial charge in [0.05, 0.1) is 18.1 Å². The highest BCUT2D eigenvalue weighted by Gasteiger charge is 2.37. The molecule has 3 aromatic rings. The molecule has 0 saturated heterocycles. The van der Waals surface area contributed by atoms with Crippen LogP contribution in [-0.2, 0) is 4.79 Å². The van der Waals surface area contributed by atoms with Crippen molar-refractivity contribution >= 4 is 22.9 Å². The fourth-order valence-electron chi connectivity index (χ4n) is 4.70. The van der Waals surface area contributed by atoms with Gasteiger partial charge >= 0.3 is 5.97 Å². The molecule has 0 bridgehead atoms. The van der Waals surface area contributed by atoms with Crippen LogP contribution in [0.3, 0.4) is 0 Å². The summed E-state index contributed by atoms with van der Waals surface area (Å²) in [6, 6.07) is 14.4. The van der Waals surface area contributed by atoms with Crippen LogP contribution in [0.2, 0.25) is 0 Å².